The second-order valence-electron chi connectivity index (χ2n) is 4.53. The molecule has 4 heteroatoms. The fourth-order valence-electron chi connectivity index (χ4n) is 2.39. The number of hydrogen-bond donors (Lipinski definition) is 1. The van der Waals surface area contributed by atoms with E-state index in [-0.39, 0.29) is 17.9 Å². The summed E-state index contributed by atoms with van der Waals surface area (Å²) >= 11 is 0. The summed E-state index contributed by atoms with van der Waals surface area (Å²) in [6, 6.07) is 5.91. The Morgan fingerprint density at radius 3 is 2.47 bits per heavy atom. The molecular weight excluding hydrogens is 242 g/mol. The van der Waals surface area contributed by atoms with Crippen LogP contribution in [0.5, 0.6) is 5.75 Å². The van der Waals surface area contributed by atoms with Crippen LogP contribution in [-0.4, -0.2) is 27.2 Å². The Morgan fingerprint density at radius 1 is 1.37 bits per heavy atom. The van der Waals surface area contributed by atoms with Crippen LogP contribution in [0.3, 0.4) is 0 Å². The lowest BCUT2D eigenvalue weighted by Crippen LogP contribution is -2.31. The van der Waals surface area contributed by atoms with Crippen LogP contribution >= 0.6 is 0 Å². The van der Waals surface area contributed by atoms with Crippen molar-refractivity contribution < 1.29 is 14.3 Å². The Morgan fingerprint density at radius 2 is 2.05 bits per heavy atom. The highest BCUT2D eigenvalue weighted by Gasteiger charge is 2.28. The number of aryl methyl sites for hydroxylation is 1. The van der Waals surface area contributed by atoms with Gasteiger partial charge in [0.25, 0.3) is 0 Å². The number of methoxy groups -OCH3 is 2. The summed E-state index contributed by atoms with van der Waals surface area (Å²) < 4.78 is 10.1. The van der Waals surface area contributed by atoms with Gasteiger partial charge in [-0.1, -0.05) is 19.1 Å². The van der Waals surface area contributed by atoms with Crippen LogP contribution in [0.25, 0.3) is 0 Å². The van der Waals surface area contributed by atoms with Crippen molar-refractivity contribution in [3.05, 3.63) is 29.3 Å². The molecule has 0 saturated carbocycles. The van der Waals surface area contributed by atoms with Gasteiger partial charge < -0.3 is 14.8 Å². The van der Waals surface area contributed by atoms with Gasteiger partial charge >= 0.3 is 5.97 Å². The Balaban J connectivity index is 3.08. The van der Waals surface area contributed by atoms with E-state index in [4.69, 9.17) is 9.47 Å². The molecule has 0 heterocycles. The molecule has 0 spiro atoms. The quantitative estimate of drug-likeness (QED) is 0.803. The molecule has 1 aromatic carbocycles. The summed E-state index contributed by atoms with van der Waals surface area (Å²) in [6.07, 6.45) is 0.725. The fraction of sp³-hybridized carbons (Fsp3) is 0.533. The average Bonchev–Trinajstić information content (AvgIpc) is 2.43. The van der Waals surface area contributed by atoms with E-state index < -0.39 is 0 Å². The smallest absolute Gasteiger partial charge is 0.310 e. The molecule has 2 unspecified atom stereocenters. The van der Waals surface area contributed by atoms with Gasteiger partial charge in [-0.3, -0.25) is 4.79 Å². The zero-order valence-electron chi connectivity index (χ0n) is 12.3. The summed E-state index contributed by atoms with van der Waals surface area (Å²) in [6.45, 7) is 3.98. The third-order valence-electron chi connectivity index (χ3n) is 3.44. The molecule has 1 rings (SSSR count). The van der Waals surface area contributed by atoms with Crippen LogP contribution < -0.4 is 10.1 Å². The second-order valence-corrected chi connectivity index (χ2v) is 4.53. The Labute approximate surface area is 115 Å². The van der Waals surface area contributed by atoms with Crippen molar-refractivity contribution in [2.24, 2.45) is 5.92 Å². The topological polar surface area (TPSA) is 47.6 Å². The monoisotopic (exact) mass is 265 g/mol. The first-order valence-electron chi connectivity index (χ1n) is 6.48. The predicted octanol–water partition coefficient (Wildman–Crippen LogP) is 2.46. The molecule has 0 radical (unpaired) electrons. The Bertz CT molecular complexity index is 431. The normalized spacial score (nSPS) is 13.7. The minimum Gasteiger partial charge on any atom is -0.496 e. The Kier molecular flexibility index (Phi) is 5.83. The van der Waals surface area contributed by atoms with Crippen molar-refractivity contribution >= 4 is 5.97 Å². The summed E-state index contributed by atoms with van der Waals surface area (Å²) in [5.41, 5.74) is 2.12. The van der Waals surface area contributed by atoms with E-state index in [2.05, 4.69) is 5.32 Å². The molecule has 19 heavy (non-hydrogen) atoms. The van der Waals surface area contributed by atoms with Gasteiger partial charge in [-0.15, -0.1) is 0 Å². The summed E-state index contributed by atoms with van der Waals surface area (Å²) in [4.78, 5) is 11.8. The molecule has 2 atom stereocenters. The van der Waals surface area contributed by atoms with Crippen LogP contribution in [0, 0.1) is 12.8 Å². The van der Waals surface area contributed by atoms with Crippen LogP contribution in [0.4, 0.5) is 0 Å². The highest BCUT2D eigenvalue weighted by molar-refractivity contribution is 5.73. The maximum Gasteiger partial charge on any atom is 0.310 e. The first kappa shape index (κ1) is 15.5. The SMILES string of the molecule is CCC(C(=O)OC)C(NC)c1ccc(OC)c(C)c1. The molecule has 1 N–H and O–H groups in total. The van der Waals surface area contributed by atoms with Gasteiger partial charge in [-0.25, -0.2) is 0 Å². The maximum absolute atomic E-state index is 11.8. The molecular formula is C15H23NO3. The van der Waals surface area contributed by atoms with Gasteiger partial charge in [0.1, 0.15) is 5.75 Å². The van der Waals surface area contributed by atoms with E-state index in [0.717, 1.165) is 23.3 Å². The first-order chi connectivity index (χ1) is 9.08. The highest BCUT2D eigenvalue weighted by atomic mass is 16.5. The third-order valence-corrected chi connectivity index (χ3v) is 3.44. The summed E-state index contributed by atoms with van der Waals surface area (Å²) in [5.74, 6) is 0.475. The number of nitrogens with one attached hydrogen (secondary N) is 1. The number of rotatable bonds is 6. The molecule has 0 aromatic heterocycles. The molecule has 0 bridgehead atoms. The van der Waals surface area contributed by atoms with Gasteiger partial charge in [0.2, 0.25) is 0 Å². The van der Waals surface area contributed by atoms with Gasteiger partial charge in [0, 0.05) is 6.04 Å². The summed E-state index contributed by atoms with van der Waals surface area (Å²) in [7, 11) is 4.94. The lowest BCUT2D eigenvalue weighted by molar-refractivity contribution is -0.146. The number of esters is 1. The zero-order valence-corrected chi connectivity index (χ0v) is 12.3. The van der Waals surface area contributed by atoms with Crippen molar-refractivity contribution in [1.82, 2.24) is 5.32 Å². The van der Waals surface area contributed by atoms with E-state index >= 15 is 0 Å². The number of benzene rings is 1. The maximum atomic E-state index is 11.8. The van der Waals surface area contributed by atoms with E-state index in [1.807, 2.05) is 39.1 Å². The third kappa shape index (κ3) is 3.47. The number of hydrogen-bond acceptors (Lipinski definition) is 4. The van der Waals surface area contributed by atoms with Crippen LogP contribution in [0.2, 0.25) is 0 Å². The second kappa shape index (κ2) is 7.14. The largest absolute Gasteiger partial charge is 0.496 e. The first-order valence-corrected chi connectivity index (χ1v) is 6.48. The minimum atomic E-state index is -0.192. The summed E-state index contributed by atoms with van der Waals surface area (Å²) in [5, 5.41) is 3.21. The lowest BCUT2D eigenvalue weighted by atomic mass is 9.90. The van der Waals surface area contributed by atoms with Crippen LogP contribution in [0.15, 0.2) is 18.2 Å². The highest BCUT2D eigenvalue weighted by Crippen LogP contribution is 2.29. The molecule has 4 nitrogen and oxygen atoms in total. The Hall–Kier alpha value is -1.55. The average molecular weight is 265 g/mol. The van der Waals surface area contributed by atoms with Gasteiger partial charge in [-0.05, 0) is 37.6 Å². The fourth-order valence-corrected chi connectivity index (χ4v) is 2.39. The standard InChI is InChI=1S/C15H23NO3/c1-6-12(15(17)19-5)14(16-3)11-7-8-13(18-4)10(2)9-11/h7-9,12,14,16H,6H2,1-5H3. The van der Waals surface area contributed by atoms with Gasteiger partial charge in [0.15, 0.2) is 0 Å². The number of carbonyl (C=O) groups excluding carboxylic acids is 1. The number of ether oxygens (including phenoxy) is 2. The molecule has 106 valence electrons. The van der Waals surface area contributed by atoms with Crippen molar-refractivity contribution in [2.75, 3.05) is 21.3 Å². The van der Waals surface area contributed by atoms with Gasteiger partial charge in [0.05, 0.1) is 20.1 Å². The van der Waals surface area contributed by atoms with E-state index in [0.29, 0.717) is 0 Å². The van der Waals surface area contributed by atoms with Crippen molar-refractivity contribution in [3.63, 3.8) is 0 Å². The van der Waals surface area contributed by atoms with Gasteiger partial charge in [-0.2, -0.15) is 0 Å². The molecule has 0 aliphatic heterocycles. The lowest BCUT2D eigenvalue weighted by Gasteiger charge is -2.25. The predicted molar refractivity (Wildman–Crippen MR) is 75.3 cm³/mol. The molecule has 0 saturated heterocycles. The van der Waals surface area contributed by atoms with Crippen molar-refractivity contribution in [3.8, 4) is 5.75 Å². The van der Waals surface area contributed by atoms with Crippen molar-refractivity contribution in [1.29, 1.82) is 0 Å². The van der Waals surface area contributed by atoms with Crippen LogP contribution in [-0.2, 0) is 9.53 Å². The molecule has 0 fully saturated rings. The van der Waals surface area contributed by atoms with E-state index in [1.54, 1.807) is 7.11 Å². The number of carbonyl (C=O) groups is 1. The van der Waals surface area contributed by atoms with E-state index in [1.165, 1.54) is 7.11 Å². The zero-order chi connectivity index (χ0) is 14.4. The molecule has 0 amide bonds. The molecule has 1 aromatic rings. The minimum absolute atomic E-state index is 0.0537. The van der Waals surface area contributed by atoms with Crippen LogP contribution in [0.1, 0.15) is 30.5 Å². The molecule has 0 aliphatic rings. The van der Waals surface area contributed by atoms with E-state index in [9.17, 15) is 4.79 Å². The van der Waals surface area contributed by atoms with Crippen molar-refractivity contribution in [2.45, 2.75) is 26.3 Å². The molecule has 0 aliphatic carbocycles.